The fourth-order valence-corrected chi connectivity index (χ4v) is 1.51. The molecule has 2 N–H and O–H groups in total. The quantitative estimate of drug-likeness (QED) is 0.671. The molecule has 0 aromatic heterocycles. The van der Waals surface area contributed by atoms with Gasteiger partial charge in [-0.3, -0.25) is 4.79 Å². The highest BCUT2D eigenvalue weighted by molar-refractivity contribution is 5.76. The number of nitrogens with zero attached hydrogens (tertiary/aromatic N) is 1. The molecule has 4 nitrogen and oxygen atoms in total. The topological polar surface area (TPSA) is 44.4 Å². The summed E-state index contributed by atoms with van der Waals surface area (Å²) < 4.78 is 0. The lowest BCUT2D eigenvalue weighted by atomic mass is 10.2. The van der Waals surface area contributed by atoms with Crippen LogP contribution in [0.1, 0.15) is 12.0 Å². The number of carbonyl (C=O) groups excluding carboxylic acids is 1. The van der Waals surface area contributed by atoms with E-state index in [1.807, 2.05) is 44.4 Å². The zero-order chi connectivity index (χ0) is 13.2. The number of benzene rings is 1. The van der Waals surface area contributed by atoms with Gasteiger partial charge in [-0.05, 0) is 19.7 Å². The summed E-state index contributed by atoms with van der Waals surface area (Å²) in [7, 11) is 4.07. The summed E-state index contributed by atoms with van der Waals surface area (Å²) in [6, 6.07) is 9.94. The monoisotopic (exact) mass is 249 g/mol. The molecule has 100 valence electrons. The lowest BCUT2D eigenvalue weighted by Crippen LogP contribution is -2.31. The van der Waals surface area contributed by atoms with Crippen molar-refractivity contribution in [2.45, 2.75) is 13.0 Å². The van der Waals surface area contributed by atoms with Crippen LogP contribution < -0.4 is 10.6 Å². The molecule has 18 heavy (non-hydrogen) atoms. The van der Waals surface area contributed by atoms with Gasteiger partial charge in [0.2, 0.25) is 5.91 Å². The highest BCUT2D eigenvalue weighted by atomic mass is 16.1. The molecule has 0 bridgehead atoms. The van der Waals surface area contributed by atoms with Crippen molar-refractivity contribution in [1.82, 2.24) is 15.5 Å². The molecule has 0 saturated carbocycles. The van der Waals surface area contributed by atoms with E-state index in [9.17, 15) is 4.79 Å². The Bertz CT molecular complexity index is 338. The fourth-order valence-electron chi connectivity index (χ4n) is 1.51. The van der Waals surface area contributed by atoms with Gasteiger partial charge in [0.05, 0.1) is 0 Å². The van der Waals surface area contributed by atoms with Crippen LogP contribution >= 0.6 is 0 Å². The molecule has 0 unspecified atom stereocenters. The number of nitrogens with one attached hydrogen (secondary N) is 2. The number of hydrogen-bond acceptors (Lipinski definition) is 3. The summed E-state index contributed by atoms with van der Waals surface area (Å²) in [6.07, 6.45) is 0.528. The summed E-state index contributed by atoms with van der Waals surface area (Å²) >= 11 is 0. The van der Waals surface area contributed by atoms with Gasteiger partial charge < -0.3 is 15.5 Å². The number of carbonyl (C=O) groups is 1. The molecular formula is C14H23N3O. The van der Waals surface area contributed by atoms with Crippen LogP contribution in [-0.2, 0) is 11.3 Å². The van der Waals surface area contributed by atoms with Gasteiger partial charge in [0.1, 0.15) is 0 Å². The molecule has 1 aromatic carbocycles. The minimum atomic E-state index is 0.0937. The first-order valence-corrected chi connectivity index (χ1v) is 6.34. The zero-order valence-electron chi connectivity index (χ0n) is 11.3. The predicted molar refractivity (Wildman–Crippen MR) is 74.3 cm³/mol. The SMILES string of the molecule is CN(C)CCNCCC(=O)NCc1ccccc1. The van der Waals surface area contributed by atoms with Gasteiger partial charge in [-0.25, -0.2) is 0 Å². The van der Waals surface area contributed by atoms with Gasteiger partial charge in [-0.15, -0.1) is 0 Å². The molecule has 1 amide bonds. The fraction of sp³-hybridized carbons (Fsp3) is 0.500. The molecule has 0 aliphatic heterocycles. The lowest BCUT2D eigenvalue weighted by Gasteiger charge is -2.10. The third kappa shape index (κ3) is 7.04. The van der Waals surface area contributed by atoms with Crippen molar-refractivity contribution in [2.24, 2.45) is 0 Å². The van der Waals surface area contributed by atoms with Crippen LogP contribution in [0, 0.1) is 0 Å². The van der Waals surface area contributed by atoms with E-state index in [4.69, 9.17) is 0 Å². The van der Waals surface area contributed by atoms with E-state index < -0.39 is 0 Å². The van der Waals surface area contributed by atoms with E-state index in [0.717, 1.165) is 25.2 Å². The van der Waals surface area contributed by atoms with E-state index in [-0.39, 0.29) is 5.91 Å². The predicted octanol–water partition coefficient (Wildman–Crippen LogP) is 0.844. The first kappa shape index (κ1) is 14.7. The number of amides is 1. The van der Waals surface area contributed by atoms with E-state index >= 15 is 0 Å². The largest absolute Gasteiger partial charge is 0.352 e. The summed E-state index contributed by atoms with van der Waals surface area (Å²) in [4.78, 5) is 13.7. The molecule has 0 spiro atoms. The van der Waals surface area contributed by atoms with Crippen molar-refractivity contribution in [1.29, 1.82) is 0 Å². The third-order valence-corrected chi connectivity index (χ3v) is 2.60. The van der Waals surface area contributed by atoms with Gasteiger partial charge >= 0.3 is 0 Å². The van der Waals surface area contributed by atoms with Crippen LogP contribution in [0.25, 0.3) is 0 Å². The molecule has 0 saturated heterocycles. The molecule has 0 aliphatic carbocycles. The van der Waals surface area contributed by atoms with Crippen LogP contribution in [0.4, 0.5) is 0 Å². The second kappa shape index (κ2) is 8.66. The van der Waals surface area contributed by atoms with Crippen LogP contribution in [0.3, 0.4) is 0 Å². The number of likely N-dealkylation sites (N-methyl/N-ethyl adjacent to an activating group) is 1. The van der Waals surface area contributed by atoms with Gasteiger partial charge in [-0.2, -0.15) is 0 Å². The normalized spacial score (nSPS) is 10.6. The minimum absolute atomic E-state index is 0.0937. The van der Waals surface area contributed by atoms with Gasteiger partial charge in [0.15, 0.2) is 0 Å². The number of hydrogen-bond donors (Lipinski definition) is 2. The Kier molecular flexibility index (Phi) is 7.06. The lowest BCUT2D eigenvalue weighted by molar-refractivity contribution is -0.121. The molecule has 0 fully saturated rings. The number of rotatable bonds is 8. The highest BCUT2D eigenvalue weighted by Gasteiger charge is 2.00. The summed E-state index contributed by atoms with van der Waals surface area (Å²) in [5.74, 6) is 0.0937. The molecular weight excluding hydrogens is 226 g/mol. The third-order valence-electron chi connectivity index (χ3n) is 2.60. The first-order chi connectivity index (χ1) is 8.68. The smallest absolute Gasteiger partial charge is 0.221 e. The van der Waals surface area contributed by atoms with E-state index in [0.29, 0.717) is 13.0 Å². The van der Waals surface area contributed by atoms with Gasteiger partial charge in [0.25, 0.3) is 0 Å². The van der Waals surface area contributed by atoms with Crippen molar-refractivity contribution >= 4 is 5.91 Å². The average Bonchev–Trinajstić information content (AvgIpc) is 2.37. The van der Waals surface area contributed by atoms with Crippen LogP contribution in [0.2, 0.25) is 0 Å². The van der Waals surface area contributed by atoms with Gasteiger partial charge in [-0.1, -0.05) is 30.3 Å². The molecule has 0 atom stereocenters. The second-order valence-electron chi connectivity index (χ2n) is 4.57. The Balaban J connectivity index is 2.04. The zero-order valence-corrected chi connectivity index (χ0v) is 11.3. The minimum Gasteiger partial charge on any atom is -0.352 e. The Morgan fingerprint density at radius 1 is 1.17 bits per heavy atom. The highest BCUT2D eigenvalue weighted by Crippen LogP contribution is 1.97. The molecule has 0 radical (unpaired) electrons. The van der Waals surface area contributed by atoms with Crippen molar-refractivity contribution in [2.75, 3.05) is 33.7 Å². The van der Waals surface area contributed by atoms with E-state index in [1.54, 1.807) is 0 Å². The Hall–Kier alpha value is -1.39. The van der Waals surface area contributed by atoms with Crippen molar-refractivity contribution in [3.05, 3.63) is 35.9 Å². The maximum atomic E-state index is 11.6. The van der Waals surface area contributed by atoms with Crippen LogP contribution in [-0.4, -0.2) is 44.5 Å². The van der Waals surface area contributed by atoms with Gasteiger partial charge in [0, 0.05) is 32.6 Å². The standard InChI is InChI=1S/C14H23N3O/c1-17(2)11-10-15-9-8-14(18)16-12-13-6-4-3-5-7-13/h3-7,15H,8-12H2,1-2H3,(H,16,18). The molecule has 1 aromatic rings. The average molecular weight is 249 g/mol. The Morgan fingerprint density at radius 3 is 2.56 bits per heavy atom. The summed E-state index contributed by atoms with van der Waals surface area (Å²) in [5.41, 5.74) is 1.13. The van der Waals surface area contributed by atoms with Crippen LogP contribution in [0.5, 0.6) is 0 Å². The van der Waals surface area contributed by atoms with E-state index in [1.165, 1.54) is 0 Å². The molecule has 0 heterocycles. The Morgan fingerprint density at radius 2 is 1.89 bits per heavy atom. The molecule has 0 aliphatic rings. The maximum absolute atomic E-state index is 11.6. The second-order valence-corrected chi connectivity index (χ2v) is 4.57. The van der Waals surface area contributed by atoms with Crippen molar-refractivity contribution < 1.29 is 4.79 Å². The Labute approximate surface area is 109 Å². The first-order valence-electron chi connectivity index (χ1n) is 6.34. The molecule has 1 rings (SSSR count). The maximum Gasteiger partial charge on any atom is 0.221 e. The summed E-state index contributed by atoms with van der Waals surface area (Å²) in [6.45, 7) is 3.25. The van der Waals surface area contributed by atoms with E-state index in [2.05, 4.69) is 15.5 Å². The molecule has 4 heteroatoms. The summed E-state index contributed by atoms with van der Waals surface area (Å²) in [5, 5.41) is 6.15. The van der Waals surface area contributed by atoms with Crippen LogP contribution in [0.15, 0.2) is 30.3 Å². The van der Waals surface area contributed by atoms with Crippen molar-refractivity contribution in [3.63, 3.8) is 0 Å². The van der Waals surface area contributed by atoms with Crippen molar-refractivity contribution in [3.8, 4) is 0 Å².